The molecule has 4 nitrogen and oxygen atoms in total. The Labute approximate surface area is 119 Å². The highest BCUT2D eigenvalue weighted by atomic mass is 15.1. The monoisotopic (exact) mass is 268 g/mol. The Hall–Kier alpha value is -1.94. The van der Waals surface area contributed by atoms with Crippen molar-refractivity contribution in [3.8, 4) is 0 Å². The van der Waals surface area contributed by atoms with E-state index in [1.54, 1.807) is 18.6 Å². The van der Waals surface area contributed by atoms with E-state index in [9.17, 15) is 0 Å². The Kier molecular flexibility index (Phi) is 4.23. The van der Waals surface area contributed by atoms with Crippen LogP contribution in [-0.2, 0) is 13.1 Å². The van der Waals surface area contributed by atoms with E-state index in [2.05, 4.69) is 44.5 Å². The molecule has 0 amide bonds. The third-order valence-corrected chi connectivity index (χ3v) is 3.69. The van der Waals surface area contributed by atoms with Crippen LogP contribution in [0, 0.1) is 0 Å². The number of benzene rings is 1. The van der Waals surface area contributed by atoms with Gasteiger partial charge in [-0.3, -0.25) is 14.9 Å². The molecule has 0 unspecified atom stereocenters. The minimum atomic E-state index is 0.713. The fourth-order valence-electron chi connectivity index (χ4n) is 2.62. The number of hydrogen-bond donors (Lipinski definition) is 1. The minimum absolute atomic E-state index is 0.713. The molecule has 0 spiro atoms. The Bertz CT molecular complexity index is 535. The van der Waals surface area contributed by atoms with E-state index < -0.39 is 0 Å². The number of hydrogen-bond acceptors (Lipinski definition) is 4. The first-order valence-electron chi connectivity index (χ1n) is 7.21. The second-order valence-electron chi connectivity index (χ2n) is 5.19. The predicted octanol–water partition coefficient (Wildman–Crippen LogP) is 2.68. The Morgan fingerprint density at radius 3 is 2.75 bits per heavy atom. The van der Waals surface area contributed by atoms with Gasteiger partial charge in [0.05, 0.1) is 18.4 Å². The van der Waals surface area contributed by atoms with Gasteiger partial charge in [0.25, 0.3) is 0 Å². The van der Waals surface area contributed by atoms with Crippen molar-refractivity contribution in [1.29, 1.82) is 0 Å². The normalized spacial score (nSPS) is 15.4. The highest BCUT2D eigenvalue weighted by Crippen LogP contribution is 2.20. The summed E-state index contributed by atoms with van der Waals surface area (Å²) in [5.41, 5.74) is 3.52. The molecular formula is C16H20N4. The Morgan fingerprint density at radius 1 is 1.10 bits per heavy atom. The van der Waals surface area contributed by atoms with Gasteiger partial charge in [0.1, 0.15) is 0 Å². The number of likely N-dealkylation sites (tertiary alicyclic amines) is 1. The van der Waals surface area contributed by atoms with Gasteiger partial charge in [-0.15, -0.1) is 0 Å². The van der Waals surface area contributed by atoms with Crippen LogP contribution in [0.2, 0.25) is 0 Å². The topological polar surface area (TPSA) is 41.1 Å². The largest absolute Gasteiger partial charge is 0.379 e. The van der Waals surface area contributed by atoms with E-state index in [4.69, 9.17) is 0 Å². The molecule has 0 aliphatic carbocycles. The van der Waals surface area contributed by atoms with E-state index >= 15 is 0 Å². The molecule has 0 saturated carbocycles. The summed E-state index contributed by atoms with van der Waals surface area (Å²) in [6.45, 7) is 4.19. The second kappa shape index (κ2) is 6.48. The van der Waals surface area contributed by atoms with Crippen molar-refractivity contribution in [3.05, 3.63) is 54.1 Å². The SMILES string of the molecule is c1ccc(NCc2cnccn2)c(CN2CCCC2)c1. The van der Waals surface area contributed by atoms with Crippen molar-refractivity contribution < 1.29 is 0 Å². The van der Waals surface area contributed by atoms with E-state index in [1.807, 2.05) is 0 Å². The van der Waals surface area contributed by atoms with Crippen LogP contribution in [0.3, 0.4) is 0 Å². The van der Waals surface area contributed by atoms with Crippen LogP contribution in [0.1, 0.15) is 24.1 Å². The van der Waals surface area contributed by atoms with E-state index in [0.29, 0.717) is 6.54 Å². The molecule has 20 heavy (non-hydrogen) atoms. The summed E-state index contributed by atoms with van der Waals surface area (Å²) < 4.78 is 0. The van der Waals surface area contributed by atoms with Crippen molar-refractivity contribution >= 4 is 5.69 Å². The molecule has 104 valence electrons. The molecule has 1 saturated heterocycles. The van der Waals surface area contributed by atoms with Gasteiger partial charge in [0.2, 0.25) is 0 Å². The van der Waals surface area contributed by atoms with Crippen LogP contribution >= 0.6 is 0 Å². The smallest absolute Gasteiger partial charge is 0.0777 e. The average Bonchev–Trinajstić information content (AvgIpc) is 3.00. The molecule has 1 aromatic carbocycles. The summed E-state index contributed by atoms with van der Waals surface area (Å²) in [5.74, 6) is 0. The standard InChI is InChI=1S/C16H20N4/c1-2-6-16(19-12-15-11-17-7-8-18-15)14(5-1)13-20-9-3-4-10-20/h1-2,5-8,11,19H,3-4,9-10,12-13H2. The highest BCUT2D eigenvalue weighted by Gasteiger charge is 2.13. The molecule has 4 heteroatoms. The molecule has 1 aliphatic heterocycles. The number of nitrogens with one attached hydrogen (secondary N) is 1. The van der Waals surface area contributed by atoms with E-state index in [-0.39, 0.29) is 0 Å². The number of rotatable bonds is 5. The van der Waals surface area contributed by atoms with Crippen molar-refractivity contribution in [1.82, 2.24) is 14.9 Å². The summed E-state index contributed by atoms with van der Waals surface area (Å²) in [4.78, 5) is 10.9. The maximum Gasteiger partial charge on any atom is 0.0777 e. The molecular weight excluding hydrogens is 248 g/mol. The zero-order valence-corrected chi connectivity index (χ0v) is 11.6. The minimum Gasteiger partial charge on any atom is -0.379 e. The van der Waals surface area contributed by atoms with Crippen LogP contribution in [0.25, 0.3) is 0 Å². The summed E-state index contributed by atoms with van der Waals surface area (Å²) in [5, 5.41) is 3.47. The van der Waals surface area contributed by atoms with Crippen LogP contribution in [0.4, 0.5) is 5.69 Å². The number of anilines is 1. The Balaban J connectivity index is 1.66. The maximum absolute atomic E-state index is 4.29. The van der Waals surface area contributed by atoms with Crippen molar-refractivity contribution in [2.45, 2.75) is 25.9 Å². The van der Waals surface area contributed by atoms with Crippen LogP contribution in [0.15, 0.2) is 42.9 Å². The quantitative estimate of drug-likeness (QED) is 0.905. The average molecular weight is 268 g/mol. The fraction of sp³-hybridized carbons (Fsp3) is 0.375. The van der Waals surface area contributed by atoms with Gasteiger partial charge in [-0.2, -0.15) is 0 Å². The summed E-state index contributed by atoms with van der Waals surface area (Å²) in [6.07, 6.45) is 7.89. The first-order valence-corrected chi connectivity index (χ1v) is 7.21. The lowest BCUT2D eigenvalue weighted by Gasteiger charge is -2.18. The molecule has 2 heterocycles. The lowest BCUT2D eigenvalue weighted by Crippen LogP contribution is -2.19. The Morgan fingerprint density at radius 2 is 1.95 bits per heavy atom. The fourth-order valence-corrected chi connectivity index (χ4v) is 2.62. The molecule has 3 rings (SSSR count). The molecule has 2 aromatic rings. The van der Waals surface area contributed by atoms with Crippen molar-refractivity contribution in [3.63, 3.8) is 0 Å². The summed E-state index contributed by atoms with van der Waals surface area (Å²) in [7, 11) is 0. The molecule has 1 fully saturated rings. The number of aromatic nitrogens is 2. The van der Waals surface area contributed by atoms with Crippen LogP contribution in [0.5, 0.6) is 0 Å². The summed E-state index contributed by atoms with van der Waals surface area (Å²) >= 11 is 0. The molecule has 0 bridgehead atoms. The van der Waals surface area contributed by atoms with Crippen molar-refractivity contribution in [2.24, 2.45) is 0 Å². The first-order chi connectivity index (χ1) is 9.92. The molecule has 0 atom stereocenters. The molecule has 1 N–H and O–H groups in total. The third kappa shape index (κ3) is 3.33. The van der Waals surface area contributed by atoms with Gasteiger partial charge < -0.3 is 5.32 Å². The van der Waals surface area contributed by atoms with Gasteiger partial charge in [-0.25, -0.2) is 0 Å². The van der Waals surface area contributed by atoms with Gasteiger partial charge >= 0.3 is 0 Å². The first kappa shape index (κ1) is 13.1. The van der Waals surface area contributed by atoms with Crippen LogP contribution < -0.4 is 5.32 Å². The van der Waals surface area contributed by atoms with Gasteiger partial charge in [-0.05, 0) is 37.6 Å². The predicted molar refractivity (Wildman–Crippen MR) is 80.3 cm³/mol. The lowest BCUT2D eigenvalue weighted by molar-refractivity contribution is 0.332. The van der Waals surface area contributed by atoms with Gasteiger partial charge in [-0.1, -0.05) is 18.2 Å². The second-order valence-corrected chi connectivity index (χ2v) is 5.19. The van der Waals surface area contributed by atoms with Gasteiger partial charge in [0, 0.05) is 24.6 Å². The summed E-state index contributed by atoms with van der Waals surface area (Å²) in [6, 6.07) is 8.53. The zero-order chi connectivity index (χ0) is 13.6. The van der Waals surface area contributed by atoms with Crippen molar-refractivity contribution in [2.75, 3.05) is 18.4 Å². The lowest BCUT2D eigenvalue weighted by atomic mass is 10.1. The number of nitrogens with zero attached hydrogens (tertiary/aromatic N) is 3. The molecule has 1 aliphatic rings. The van der Waals surface area contributed by atoms with E-state index in [0.717, 1.165) is 12.2 Å². The molecule has 0 radical (unpaired) electrons. The van der Waals surface area contributed by atoms with Gasteiger partial charge in [0.15, 0.2) is 0 Å². The van der Waals surface area contributed by atoms with E-state index in [1.165, 1.54) is 37.2 Å². The maximum atomic E-state index is 4.29. The number of para-hydroxylation sites is 1. The zero-order valence-electron chi connectivity index (χ0n) is 11.6. The van der Waals surface area contributed by atoms with Crippen LogP contribution in [-0.4, -0.2) is 28.0 Å². The third-order valence-electron chi connectivity index (χ3n) is 3.69. The molecule has 1 aromatic heterocycles. The highest BCUT2D eigenvalue weighted by molar-refractivity contribution is 5.51.